The first-order valence-electron chi connectivity index (χ1n) is 12.8. The lowest BCUT2D eigenvalue weighted by Crippen LogP contribution is -2.31. The van der Waals surface area contributed by atoms with E-state index in [1.165, 1.54) is 22.4 Å². The minimum Gasteiger partial charge on any atom is -0.465 e. The van der Waals surface area contributed by atoms with Crippen LogP contribution < -0.4 is 0 Å². The van der Waals surface area contributed by atoms with Crippen molar-refractivity contribution < 1.29 is 27.2 Å². The molecule has 216 valence electrons. The molecule has 3 aromatic rings. The Kier molecular flexibility index (Phi) is 9.13. The normalized spacial score (nSPS) is 15.1. The summed E-state index contributed by atoms with van der Waals surface area (Å²) in [6.07, 6.45) is 1.47. The maximum absolute atomic E-state index is 13.7. The van der Waals surface area contributed by atoms with E-state index in [9.17, 15) is 18.0 Å². The van der Waals surface area contributed by atoms with E-state index < -0.39 is 16.0 Å². The van der Waals surface area contributed by atoms with Crippen LogP contribution in [0.25, 0.3) is 6.08 Å². The summed E-state index contributed by atoms with van der Waals surface area (Å²) in [5, 5.41) is 0.672. The highest BCUT2D eigenvalue weighted by molar-refractivity contribution is 7.89. The third-order valence-corrected chi connectivity index (χ3v) is 9.20. The zero-order valence-corrected chi connectivity index (χ0v) is 25.6. The van der Waals surface area contributed by atoms with Crippen molar-refractivity contribution in [1.29, 1.82) is 0 Å². The smallest absolute Gasteiger partial charge is 0.340 e. The van der Waals surface area contributed by atoms with Gasteiger partial charge in [0, 0.05) is 18.3 Å². The van der Waals surface area contributed by atoms with Gasteiger partial charge < -0.3 is 14.1 Å². The molecule has 0 unspecified atom stereocenters. The van der Waals surface area contributed by atoms with E-state index in [1.807, 2.05) is 20.8 Å². The standard InChI is InChI=1S/C30H30Cl2N2O6S/c1-18(2)34-20(4)28(30(36)39-5)25(29(34)35)15-22-9-10-23(40-22)17-33(16-21-8-13-26(31)27(32)14-21)41(37,38)24-11-6-19(3)7-12-24/h6-15,18H,16-17H2,1-5H3/b25-15+. The monoisotopic (exact) mass is 616 g/mol. The Hall–Kier alpha value is -3.37. The van der Waals surface area contributed by atoms with Gasteiger partial charge in [-0.3, -0.25) is 4.79 Å². The number of rotatable bonds is 9. The van der Waals surface area contributed by atoms with Crippen LogP contribution in [0.1, 0.15) is 43.4 Å². The number of carbonyl (C=O) groups excluding carboxylic acids is 2. The van der Waals surface area contributed by atoms with Crippen LogP contribution in [0.15, 0.2) is 80.8 Å². The predicted octanol–water partition coefficient (Wildman–Crippen LogP) is 6.37. The molecule has 8 nitrogen and oxygen atoms in total. The maximum atomic E-state index is 13.7. The number of halogens is 2. The molecule has 0 saturated carbocycles. The van der Waals surface area contributed by atoms with Gasteiger partial charge in [0.1, 0.15) is 11.5 Å². The molecular formula is C30H30Cl2N2O6S. The van der Waals surface area contributed by atoms with Crippen LogP contribution >= 0.6 is 23.2 Å². The van der Waals surface area contributed by atoms with Gasteiger partial charge >= 0.3 is 5.97 Å². The van der Waals surface area contributed by atoms with Crippen LogP contribution in [0, 0.1) is 6.92 Å². The number of sulfonamides is 1. The molecule has 0 bridgehead atoms. The van der Waals surface area contributed by atoms with E-state index in [2.05, 4.69) is 0 Å². The highest BCUT2D eigenvalue weighted by Gasteiger charge is 2.38. The van der Waals surface area contributed by atoms with E-state index in [0.29, 0.717) is 27.1 Å². The first-order valence-corrected chi connectivity index (χ1v) is 15.0. The number of methoxy groups -OCH3 is 1. The second kappa shape index (κ2) is 12.2. The van der Waals surface area contributed by atoms with Crippen molar-refractivity contribution in [3.63, 3.8) is 0 Å². The minimum absolute atomic E-state index is 0.000473. The van der Waals surface area contributed by atoms with Gasteiger partial charge in [0.2, 0.25) is 10.0 Å². The molecule has 41 heavy (non-hydrogen) atoms. The summed E-state index contributed by atoms with van der Waals surface area (Å²) in [4.78, 5) is 27.4. The lowest BCUT2D eigenvalue weighted by molar-refractivity contribution is -0.136. The fraction of sp³-hybridized carbons (Fsp3) is 0.267. The number of allylic oxidation sites excluding steroid dienone is 1. The van der Waals surface area contributed by atoms with E-state index >= 15 is 0 Å². The van der Waals surface area contributed by atoms with E-state index in [0.717, 1.165) is 5.56 Å². The molecule has 1 aliphatic heterocycles. The Morgan fingerprint density at radius 1 is 1.02 bits per heavy atom. The van der Waals surface area contributed by atoms with Gasteiger partial charge in [0.05, 0.1) is 39.7 Å². The third-order valence-electron chi connectivity index (χ3n) is 6.65. The third kappa shape index (κ3) is 6.43. The average Bonchev–Trinajstić information content (AvgIpc) is 3.46. The largest absolute Gasteiger partial charge is 0.465 e. The number of aryl methyl sites for hydroxylation is 1. The van der Waals surface area contributed by atoms with Crippen LogP contribution in [0.3, 0.4) is 0 Å². The summed E-state index contributed by atoms with van der Waals surface area (Å²) in [6.45, 7) is 7.16. The SMILES string of the molecule is COC(=O)C1=C(C)N(C(C)C)C(=O)/C1=C/c1ccc(CN(Cc2ccc(Cl)c(Cl)c2)S(=O)(=O)c2ccc(C)cc2)o1. The molecule has 0 spiro atoms. The summed E-state index contributed by atoms with van der Waals surface area (Å²) in [6, 6.07) is 14.6. The van der Waals surface area contributed by atoms with Crippen LogP contribution in [0.5, 0.6) is 0 Å². The second-order valence-electron chi connectivity index (χ2n) is 9.92. The van der Waals surface area contributed by atoms with E-state index in [-0.39, 0.29) is 46.8 Å². The van der Waals surface area contributed by atoms with E-state index in [1.54, 1.807) is 61.5 Å². The molecule has 0 atom stereocenters. The minimum atomic E-state index is -3.95. The van der Waals surface area contributed by atoms with Gasteiger partial charge in [-0.25, -0.2) is 13.2 Å². The molecule has 1 aromatic heterocycles. The average molecular weight is 618 g/mol. The predicted molar refractivity (Wildman–Crippen MR) is 157 cm³/mol. The number of ether oxygens (including phenoxy) is 1. The van der Waals surface area contributed by atoms with Crippen molar-refractivity contribution in [3.05, 3.63) is 104 Å². The van der Waals surface area contributed by atoms with Crippen molar-refractivity contribution in [2.75, 3.05) is 7.11 Å². The maximum Gasteiger partial charge on any atom is 0.340 e. The van der Waals surface area contributed by atoms with Crippen LogP contribution in [-0.2, 0) is 37.4 Å². The Labute approximate surface area is 249 Å². The number of carbonyl (C=O) groups is 2. The molecular weight excluding hydrogens is 587 g/mol. The highest BCUT2D eigenvalue weighted by Crippen LogP contribution is 2.34. The second-order valence-corrected chi connectivity index (χ2v) is 12.7. The quantitative estimate of drug-likeness (QED) is 0.205. The first kappa shape index (κ1) is 30.6. The lowest BCUT2D eigenvalue weighted by atomic mass is 10.1. The summed E-state index contributed by atoms with van der Waals surface area (Å²) < 4.78 is 39.6. The number of hydrogen-bond donors (Lipinski definition) is 0. The number of benzene rings is 2. The molecule has 2 aromatic carbocycles. The molecule has 0 radical (unpaired) electrons. The molecule has 0 saturated heterocycles. The van der Waals surface area contributed by atoms with Gasteiger partial charge in [-0.15, -0.1) is 0 Å². The van der Waals surface area contributed by atoms with Gasteiger partial charge in [-0.05, 0) is 75.7 Å². The van der Waals surface area contributed by atoms with Crippen LogP contribution in [0.2, 0.25) is 10.0 Å². The van der Waals surface area contributed by atoms with E-state index in [4.69, 9.17) is 32.4 Å². The van der Waals surface area contributed by atoms with Crippen molar-refractivity contribution in [3.8, 4) is 0 Å². The molecule has 11 heteroatoms. The number of nitrogens with zero attached hydrogens (tertiary/aromatic N) is 2. The number of esters is 1. The summed E-state index contributed by atoms with van der Waals surface area (Å²) >= 11 is 12.3. The fourth-order valence-electron chi connectivity index (χ4n) is 4.62. The van der Waals surface area contributed by atoms with Crippen LogP contribution in [0.4, 0.5) is 0 Å². The van der Waals surface area contributed by atoms with Crippen molar-refractivity contribution in [2.24, 2.45) is 0 Å². The van der Waals surface area contributed by atoms with Crippen molar-refractivity contribution >= 4 is 51.2 Å². The summed E-state index contributed by atoms with van der Waals surface area (Å²) in [7, 11) is -2.70. The van der Waals surface area contributed by atoms with Gasteiger partial charge in [0.15, 0.2) is 0 Å². The highest BCUT2D eigenvalue weighted by atomic mass is 35.5. The Bertz CT molecular complexity index is 1660. The van der Waals surface area contributed by atoms with Crippen LogP contribution in [-0.4, -0.2) is 42.7 Å². The molecule has 1 amide bonds. The number of hydrogen-bond acceptors (Lipinski definition) is 6. The Morgan fingerprint density at radius 2 is 1.71 bits per heavy atom. The molecule has 2 heterocycles. The van der Waals surface area contributed by atoms with Crippen molar-refractivity contribution in [2.45, 2.75) is 51.7 Å². The number of furan rings is 1. The van der Waals surface area contributed by atoms with Gasteiger partial charge in [-0.2, -0.15) is 4.31 Å². The van der Waals surface area contributed by atoms with Gasteiger partial charge in [-0.1, -0.05) is 47.0 Å². The molecule has 4 rings (SSSR count). The zero-order chi connectivity index (χ0) is 30.1. The lowest BCUT2D eigenvalue weighted by Gasteiger charge is -2.22. The van der Waals surface area contributed by atoms with Crippen molar-refractivity contribution in [1.82, 2.24) is 9.21 Å². The first-order chi connectivity index (χ1) is 19.3. The molecule has 0 N–H and O–H groups in total. The molecule has 1 aliphatic rings. The number of amides is 1. The fourth-order valence-corrected chi connectivity index (χ4v) is 6.33. The van der Waals surface area contributed by atoms with Gasteiger partial charge in [0.25, 0.3) is 5.91 Å². The summed E-state index contributed by atoms with van der Waals surface area (Å²) in [5.41, 5.74) is 2.36. The molecule has 0 fully saturated rings. The topological polar surface area (TPSA) is 97.1 Å². The zero-order valence-electron chi connectivity index (χ0n) is 23.3. The Morgan fingerprint density at radius 3 is 2.32 bits per heavy atom. The Balaban J connectivity index is 1.69. The summed E-state index contributed by atoms with van der Waals surface area (Å²) in [5.74, 6) is -0.363. The molecule has 0 aliphatic carbocycles.